The Morgan fingerprint density at radius 1 is 1.08 bits per heavy atom. The topological polar surface area (TPSA) is 12.0 Å². The normalized spacial score (nSPS) is 9.50. The van der Waals surface area contributed by atoms with Crippen molar-refractivity contribution in [2.24, 2.45) is 5.92 Å². The fourth-order valence-corrected chi connectivity index (χ4v) is 0.818. The maximum atomic E-state index is 3.42. The van der Waals surface area contributed by atoms with Crippen LogP contribution in [-0.4, -0.2) is 13.1 Å². The summed E-state index contributed by atoms with van der Waals surface area (Å²) >= 11 is 0. The predicted molar refractivity (Wildman–Crippen MR) is 58.6 cm³/mol. The minimum atomic E-state index is 0.842. The van der Waals surface area contributed by atoms with Crippen LogP contribution in [0.15, 0.2) is 0 Å². The minimum absolute atomic E-state index is 0.842. The van der Waals surface area contributed by atoms with E-state index >= 15 is 0 Å². The van der Waals surface area contributed by atoms with Crippen LogP contribution in [0.2, 0.25) is 0 Å². The Morgan fingerprint density at radius 3 is 2.08 bits per heavy atom. The summed E-state index contributed by atoms with van der Waals surface area (Å²) in [5, 5.41) is 3.42. The number of unbranched alkanes of at least 4 members (excludes halogenated alkanes) is 1. The summed E-state index contributed by atoms with van der Waals surface area (Å²) in [6.45, 7) is 13.1. The highest BCUT2D eigenvalue weighted by molar-refractivity contribution is 4.50. The van der Waals surface area contributed by atoms with Crippen molar-refractivity contribution < 1.29 is 0 Å². The van der Waals surface area contributed by atoms with Crippen LogP contribution < -0.4 is 5.32 Å². The zero-order chi connectivity index (χ0) is 9.82. The van der Waals surface area contributed by atoms with Gasteiger partial charge in [-0.05, 0) is 31.8 Å². The van der Waals surface area contributed by atoms with E-state index < -0.39 is 0 Å². The highest BCUT2D eigenvalue weighted by atomic mass is 14.8. The van der Waals surface area contributed by atoms with Gasteiger partial charge in [0.05, 0.1) is 0 Å². The van der Waals surface area contributed by atoms with E-state index in [0.717, 1.165) is 5.92 Å². The Morgan fingerprint density at radius 2 is 1.67 bits per heavy atom. The average Bonchev–Trinajstić information content (AvgIpc) is 2.07. The van der Waals surface area contributed by atoms with Crippen LogP contribution in [-0.2, 0) is 0 Å². The number of hydrogen-bond acceptors (Lipinski definition) is 1. The Balaban J connectivity index is 0. The van der Waals surface area contributed by atoms with Gasteiger partial charge in [0.25, 0.3) is 0 Å². The van der Waals surface area contributed by atoms with Crippen LogP contribution >= 0.6 is 0 Å². The number of hydrogen-bond donors (Lipinski definition) is 1. The number of rotatable bonds is 6. The molecule has 0 aliphatic rings. The van der Waals surface area contributed by atoms with Crippen molar-refractivity contribution in [1.29, 1.82) is 0 Å². The standard InChI is InChI=1S/C9H21N.C2H6/c1-4-5-7-10-8-6-9(2)3;1-2/h9-10H,4-8H2,1-3H3;1-2H3. The molecular weight excluding hydrogens is 146 g/mol. The Labute approximate surface area is 78.9 Å². The first-order valence-electron chi connectivity index (χ1n) is 5.48. The second kappa shape index (κ2) is 13.5. The van der Waals surface area contributed by atoms with Crippen molar-refractivity contribution in [2.45, 2.75) is 53.9 Å². The summed E-state index contributed by atoms with van der Waals surface area (Å²) in [6, 6.07) is 0. The van der Waals surface area contributed by atoms with Crippen LogP contribution in [0.1, 0.15) is 53.9 Å². The van der Waals surface area contributed by atoms with Crippen LogP contribution in [0.25, 0.3) is 0 Å². The van der Waals surface area contributed by atoms with E-state index in [-0.39, 0.29) is 0 Å². The van der Waals surface area contributed by atoms with Crippen LogP contribution in [0, 0.1) is 5.92 Å². The van der Waals surface area contributed by atoms with Gasteiger partial charge in [0.2, 0.25) is 0 Å². The molecule has 1 N–H and O–H groups in total. The molecule has 0 saturated heterocycles. The molecule has 0 aromatic heterocycles. The molecule has 0 rings (SSSR count). The molecule has 0 aromatic rings. The van der Waals surface area contributed by atoms with Gasteiger partial charge in [-0.1, -0.05) is 41.0 Å². The molecule has 1 nitrogen and oxygen atoms in total. The van der Waals surface area contributed by atoms with E-state index in [1.807, 2.05) is 13.8 Å². The predicted octanol–water partition coefficient (Wildman–Crippen LogP) is 3.45. The van der Waals surface area contributed by atoms with Gasteiger partial charge in [-0.25, -0.2) is 0 Å². The van der Waals surface area contributed by atoms with Gasteiger partial charge < -0.3 is 5.32 Å². The second-order valence-corrected chi connectivity index (χ2v) is 3.29. The summed E-state index contributed by atoms with van der Waals surface area (Å²) in [7, 11) is 0. The molecule has 12 heavy (non-hydrogen) atoms. The van der Waals surface area contributed by atoms with Gasteiger partial charge in [-0.15, -0.1) is 0 Å². The minimum Gasteiger partial charge on any atom is -0.317 e. The van der Waals surface area contributed by atoms with Crippen molar-refractivity contribution in [3.8, 4) is 0 Å². The third-order valence-corrected chi connectivity index (χ3v) is 1.61. The van der Waals surface area contributed by atoms with Crippen LogP contribution in [0.3, 0.4) is 0 Å². The summed E-state index contributed by atoms with van der Waals surface area (Å²) < 4.78 is 0. The fourth-order valence-electron chi connectivity index (χ4n) is 0.818. The maximum Gasteiger partial charge on any atom is -0.00465 e. The van der Waals surface area contributed by atoms with Crippen LogP contribution in [0.4, 0.5) is 0 Å². The third kappa shape index (κ3) is 16.5. The quantitative estimate of drug-likeness (QED) is 0.607. The Hall–Kier alpha value is -0.0400. The SMILES string of the molecule is CC.CCCCNCCC(C)C. The Bertz CT molecular complexity index is 60.0. The van der Waals surface area contributed by atoms with Crippen molar-refractivity contribution in [1.82, 2.24) is 5.32 Å². The van der Waals surface area contributed by atoms with E-state index in [1.165, 1.54) is 32.4 Å². The summed E-state index contributed by atoms with van der Waals surface area (Å²) in [5.74, 6) is 0.842. The van der Waals surface area contributed by atoms with Crippen molar-refractivity contribution in [2.75, 3.05) is 13.1 Å². The van der Waals surface area contributed by atoms with Gasteiger partial charge >= 0.3 is 0 Å². The molecular formula is C11H27N. The van der Waals surface area contributed by atoms with E-state index in [0.29, 0.717) is 0 Å². The molecule has 76 valence electrons. The molecule has 0 atom stereocenters. The van der Waals surface area contributed by atoms with Gasteiger partial charge in [0.15, 0.2) is 0 Å². The van der Waals surface area contributed by atoms with E-state index in [1.54, 1.807) is 0 Å². The lowest BCUT2D eigenvalue weighted by atomic mass is 10.1. The molecule has 0 aromatic carbocycles. The molecule has 0 bridgehead atoms. The van der Waals surface area contributed by atoms with Crippen LogP contribution in [0.5, 0.6) is 0 Å². The first-order valence-corrected chi connectivity index (χ1v) is 5.48. The lowest BCUT2D eigenvalue weighted by molar-refractivity contribution is 0.530. The van der Waals surface area contributed by atoms with Gasteiger partial charge in [-0.2, -0.15) is 0 Å². The molecule has 0 fully saturated rings. The smallest absolute Gasteiger partial charge is 0.00465 e. The fraction of sp³-hybridized carbons (Fsp3) is 1.00. The molecule has 0 unspecified atom stereocenters. The molecule has 0 saturated carbocycles. The first-order chi connectivity index (χ1) is 5.77. The monoisotopic (exact) mass is 173 g/mol. The number of nitrogens with one attached hydrogen (secondary N) is 1. The molecule has 0 amide bonds. The Kier molecular flexibility index (Phi) is 16.3. The largest absolute Gasteiger partial charge is 0.317 e. The molecule has 1 heteroatoms. The molecule has 0 heterocycles. The second-order valence-electron chi connectivity index (χ2n) is 3.29. The van der Waals surface area contributed by atoms with E-state index in [9.17, 15) is 0 Å². The highest BCUT2D eigenvalue weighted by Gasteiger charge is 1.91. The molecule has 0 radical (unpaired) electrons. The molecule has 0 spiro atoms. The van der Waals surface area contributed by atoms with Crippen molar-refractivity contribution >= 4 is 0 Å². The van der Waals surface area contributed by atoms with Crippen molar-refractivity contribution in [3.05, 3.63) is 0 Å². The molecule has 0 aliphatic carbocycles. The lowest BCUT2D eigenvalue weighted by Gasteiger charge is -2.05. The first kappa shape index (κ1) is 14.5. The van der Waals surface area contributed by atoms with E-state index in [4.69, 9.17) is 0 Å². The average molecular weight is 173 g/mol. The van der Waals surface area contributed by atoms with Gasteiger partial charge in [-0.3, -0.25) is 0 Å². The van der Waals surface area contributed by atoms with Gasteiger partial charge in [0, 0.05) is 0 Å². The summed E-state index contributed by atoms with van der Waals surface area (Å²) in [5.41, 5.74) is 0. The zero-order valence-electron chi connectivity index (χ0n) is 9.61. The summed E-state index contributed by atoms with van der Waals surface area (Å²) in [4.78, 5) is 0. The lowest BCUT2D eigenvalue weighted by Crippen LogP contribution is -2.17. The summed E-state index contributed by atoms with van der Waals surface area (Å²) in [6.07, 6.45) is 3.93. The van der Waals surface area contributed by atoms with Gasteiger partial charge in [0.1, 0.15) is 0 Å². The van der Waals surface area contributed by atoms with Crippen molar-refractivity contribution in [3.63, 3.8) is 0 Å². The zero-order valence-corrected chi connectivity index (χ0v) is 9.61. The highest BCUT2D eigenvalue weighted by Crippen LogP contribution is 1.96. The maximum absolute atomic E-state index is 3.42. The third-order valence-electron chi connectivity index (χ3n) is 1.61. The molecule has 0 aliphatic heterocycles. The van der Waals surface area contributed by atoms with E-state index in [2.05, 4.69) is 26.1 Å².